The zero-order valence-electron chi connectivity index (χ0n) is 23.3. The predicted molar refractivity (Wildman–Crippen MR) is 141 cm³/mol. The third-order valence-corrected chi connectivity index (χ3v) is 11.9. The number of aryl methyl sites for hydroxylation is 1. The minimum Gasteiger partial charge on any atom is -0.387 e. The van der Waals surface area contributed by atoms with E-state index < -0.39 is 74.2 Å². The lowest BCUT2D eigenvalue weighted by atomic mass is 9.72. The summed E-state index contributed by atoms with van der Waals surface area (Å²) in [6, 6.07) is 4.54. The highest BCUT2D eigenvalue weighted by Gasteiger charge is 2.74. The first-order valence-electron chi connectivity index (χ1n) is 14.0. The second-order valence-electron chi connectivity index (χ2n) is 11.8. The van der Waals surface area contributed by atoms with Gasteiger partial charge in [-0.2, -0.15) is 26.3 Å². The topological polar surface area (TPSA) is 113 Å². The molecule has 2 aromatic rings. The summed E-state index contributed by atoms with van der Waals surface area (Å²) in [5, 5.41) is 14.3. The Morgan fingerprint density at radius 1 is 0.889 bits per heavy atom. The van der Waals surface area contributed by atoms with Crippen LogP contribution in [0.5, 0.6) is 0 Å². The number of halogens is 8. The Kier molecular flexibility index (Phi) is 8.25. The SMILES string of the molecule is O=C(CO)NC1CC(NC(=O)[C@@H]2CC[C@@]3(S(=O)(=O)c4ccc(F)cc4)c4ccc(C(F)(C(F)(F)F)C(F)(F)F)cc4CC[C@@H]23)C1. The molecule has 2 amide bonds. The van der Waals surface area contributed by atoms with E-state index in [0.29, 0.717) is 18.9 Å². The Hall–Kier alpha value is -3.27. The number of amides is 2. The summed E-state index contributed by atoms with van der Waals surface area (Å²) in [6.45, 7) is -0.705. The molecule has 2 fully saturated rings. The quantitative estimate of drug-likeness (QED) is 0.297. The molecule has 0 unspecified atom stereocenters. The van der Waals surface area contributed by atoms with Crippen molar-refractivity contribution in [2.24, 2.45) is 11.8 Å². The molecule has 0 heterocycles. The summed E-state index contributed by atoms with van der Waals surface area (Å²) in [7, 11) is -4.56. The lowest BCUT2D eigenvalue weighted by Gasteiger charge is -2.43. The molecule has 0 spiro atoms. The lowest BCUT2D eigenvalue weighted by molar-refractivity contribution is -0.348. The molecule has 0 aliphatic heterocycles. The van der Waals surface area contributed by atoms with E-state index >= 15 is 0 Å². The second-order valence-corrected chi connectivity index (χ2v) is 14.0. The number of rotatable bonds is 7. The molecule has 2 saturated carbocycles. The number of fused-ring (bicyclic) bond motifs is 3. The molecule has 0 aromatic heterocycles. The highest BCUT2D eigenvalue weighted by Crippen LogP contribution is 2.60. The summed E-state index contributed by atoms with van der Waals surface area (Å²) in [5.41, 5.74) is -7.82. The summed E-state index contributed by atoms with van der Waals surface area (Å²) in [5.74, 6) is -3.75. The Morgan fingerprint density at radius 3 is 2.07 bits per heavy atom. The van der Waals surface area contributed by atoms with E-state index in [1.165, 1.54) is 0 Å². The van der Waals surface area contributed by atoms with E-state index in [-0.39, 0.29) is 59.9 Å². The van der Waals surface area contributed by atoms with Gasteiger partial charge >= 0.3 is 18.0 Å². The maximum atomic E-state index is 15.0. The zero-order valence-corrected chi connectivity index (χ0v) is 24.1. The van der Waals surface area contributed by atoms with Gasteiger partial charge in [0.1, 0.15) is 17.2 Å². The average molecular weight is 669 g/mol. The fraction of sp³-hybridized carbons (Fsp3) is 0.517. The summed E-state index contributed by atoms with van der Waals surface area (Å²) >= 11 is 0. The highest BCUT2D eigenvalue weighted by molar-refractivity contribution is 7.92. The molecule has 45 heavy (non-hydrogen) atoms. The first kappa shape index (κ1) is 33.1. The number of benzene rings is 2. The minimum absolute atomic E-state index is 0.00629. The van der Waals surface area contributed by atoms with Crippen LogP contribution < -0.4 is 10.6 Å². The van der Waals surface area contributed by atoms with Crippen LogP contribution in [0.4, 0.5) is 35.1 Å². The van der Waals surface area contributed by atoms with Crippen LogP contribution in [-0.4, -0.2) is 56.4 Å². The fourth-order valence-electron chi connectivity index (χ4n) is 7.13. The van der Waals surface area contributed by atoms with Gasteiger partial charge in [-0.25, -0.2) is 17.2 Å². The van der Waals surface area contributed by atoms with Crippen LogP contribution in [0.15, 0.2) is 47.4 Å². The van der Waals surface area contributed by atoms with Crippen LogP contribution in [0.1, 0.15) is 48.8 Å². The van der Waals surface area contributed by atoms with E-state index in [2.05, 4.69) is 10.6 Å². The van der Waals surface area contributed by atoms with Crippen LogP contribution in [0.25, 0.3) is 0 Å². The number of sulfone groups is 1. The van der Waals surface area contributed by atoms with Gasteiger partial charge < -0.3 is 15.7 Å². The highest BCUT2D eigenvalue weighted by atomic mass is 32.2. The molecule has 7 nitrogen and oxygen atoms in total. The van der Waals surface area contributed by atoms with Gasteiger partial charge in [0.05, 0.1) is 4.90 Å². The molecule has 3 aliphatic rings. The standard InChI is InChI=1S/C29H28F8N2O5S/c30-17-3-5-20(6-4-17)45(43,44)26-10-9-21(25(42)39-19-12-18(13-19)38-24(41)14-40)23(26)7-1-15-11-16(2-8-22(15)26)27(31,28(32,33)34)29(35,36)37/h2-6,8,11,18-19,21,23,40H,1,7,9-10,12-14H2,(H,38,41)(H,39,42)/t18?,19?,21-,23+,26-/m1/s1. The van der Waals surface area contributed by atoms with Crippen LogP contribution >= 0.6 is 0 Å². The van der Waals surface area contributed by atoms with Gasteiger partial charge in [0, 0.05) is 23.6 Å². The maximum Gasteiger partial charge on any atom is 0.435 e. The Bertz CT molecular complexity index is 1580. The van der Waals surface area contributed by atoms with Gasteiger partial charge in [-0.05, 0) is 79.8 Å². The third kappa shape index (κ3) is 5.26. The molecule has 0 saturated heterocycles. The average Bonchev–Trinajstić information content (AvgIpc) is 3.36. The summed E-state index contributed by atoms with van der Waals surface area (Å²) < 4.78 is 137. The zero-order chi connectivity index (χ0) is 33.2. The smallest absolute Gasteiger partial charge is 0.387 e. The van der Waals surface area contributed by atoms with Gasteiger partial charge in [-0.1, -0.05) is 18.2 Å². The number of nitrogens with one attached hydrogen (secondary N) is 2. The summed E-state index contributed by atoms with van der Waals surface area (Å²) in [6.07, 6.45) is -12.6. The monoisotopic (exact) mass is 668 g/mol. The number of alkyl halides is 7. The van der Waals surface area contributed by atoms with Gasteiger partial charge in [-0.15, -0.1) is 0 Å². The van der Waals surface area contributed by atoms with Gasteiger partial charge in [0.15, 0.2) is 9.84 Å². The number of hydrogen-bond donors (Lipinski definition) is 3. The first-order valence-corrected chi connectivity index (χ1v) is 15.5. The molecular formula is C29H28F8N2O5S. The molecule has 0 bridgehead atoms. The molecule has 2 aromatic carbocycles. The van der Waals surface area contributed by atoms with Crippen molar-refractivity contribution in [1.29, 1.82) is 0 Å². The number of carbonyl (C=O) groups excluding carboxylic acids is 2. The number of hydrogen-bond acceptors (Lipinski definition) is 5. The minimum atomic E-state index is -6.37. The van der Waals surface area contributed by atoms with E-state index in [9.17, 15) is 53.1 Å². The second kappa shape index (κ2) is 11.2. The lowest BCUT2D eigenvalue weighted by Crippen LogP contribution is -2.56. The Labute approximate surface area is 252 Å². The Balaban J connectivity index is 1.54. The van der Waals surface area contributed by atoms with Crippen molar-refractivity contribution in [3.05, 3.63) is 65.0 Å². The molecular weight excluding hydrogens is 640 g/mol. The van der Waals surface area contributed by atoms with Crippen LogP contribution in [-0.2, 0) is 36.3 Å². The molecule has 16 heteroatoms. The fourth-order valence-corrected chi connectivity index (χ4v) is 9.60. The molecule has 5 rings (SSSR count). The van der Waals surface area contributed by atoms with Gasteiger partial charge in [0.25, 0.3) is 0 Å². The summed E-state index contributed by atoms with van der Waals surface area (Å²) in [4.78, 5) is 24.5. The van der Waals surface area contributed by atoms with Crippen molar-refractivity contribution in [3.63, 3.8) is 0 Å². The van der Waals surface area contributed by atoms with Crippen LogP contribution in [0, 0.1) is 17.7 Å². The Morgan fingerprint density at radius 2 is 1.49 bits per heavy atom. The molecule has 246 valence electrons. The molecule has 3 N–H and O–H groups in total. The van der Waals surface area contributed by atoms with E-state index in [1.807, 2.05) is 0 Å². The van der Waals surface area contributed by atoms with Crippen molar-refractivity contribution < 1.29 is 58.2 Å². The van der Waals surface area contributed by atoms with E-state index in [0.717, 1.165) is 30.3 Å². The van der Waals surface area contributed by atoms with Gasteiger partial charge in [-0.3, -0.25) is 9.59 Å². The predicted octanol–water partition coefficient (Wildman–Crippen LogP) is 4.51. The van der Waals surface area contributed by atoms with Gasteiger partial charge in [0.2, 0.25) is 11.8 Å². The van der Waals surface area contributed by atoms with Crippen molar-refractivity contribution in [3.8, 4) is 0 Å². The number of aliphatic hydroxyl groups excluding tert-OH is 1. The van der Waals surface area contributed by atoms with Crippen LogP contribution in [0.2, 0.25) is 0 Å². The molecule has 0 radical (unpaired) electrons. The third-order valence-electron chi connectivity index (χ3n) is 9.31. The number of carbonyl (C=O) groups is 2. The van der Waals surface area contributed by atoms with Crippen molar-refractivity contribution in [2.45, 2.75) is 78.3 Å². The molecule has 3 atom stereocenters. The maximum absolute atomic E-state index is 15.0. The van der Waals surface area contributed by atoms with E-state index in [1.54, 1.807) is 0 Å². The van der Waals surface area contributed by atoms with Crippen molar-refractivity contribution in [2.75, 3.05) is 6.61 Å². The number of aliphatic hydroxyl groups is 1. The normalized spacial score (nSPS) is 26.8. The molecule has 3 aliphatic carbocycles. The van der Waals surface area contributed by atoms with Crippen molar-refractivity contribution >= 4 is 21.7 Å². The first-order chi connectivity index (χ1) is 20.9. The van der Waals surface area contributed by atoms with Crippen molar-refractivity contribution in [1.82, 2.24) is 10.6 Å². The van der Waals surface area contributed by atoms with Crippen LogP contribution in [0.3, 0.4) is 0 Å². The largest absolute Gasteiger partial charge is 0.435 e. The van der Waals surface area contributed by atoms with E-state index in [4.69, 9.17) is 5.11 Å².